The van der Waals surface area contributed by atoms with Crippen LogP contribution in [0.4, 0.5) is 0 Å². The molecule has 0 saturated heterocycles. The molecule has 2 nitrogen and oxygen atoms in total. The van der Waals surface area contributed by atoms with Crippen molar-refractivity contribution in [3.05, 3.63) is 16.6 Å². The molecular weight excluding hydrogens is 206 g/mol. The van der Waals surface area contributed by atoms with Gasteiger partial charge in [-0.15, -0.1) is 11.3 Å². The van der Waals surface area contributed by atoms with Crippen LogP contribution in [0.5, 0.6) is 0 Å². The molecule has 0 aliphatic heterocycles. The minimum absolute atomic E-state index is 0.177. The van der Waals surface area contributed by atoms with E-state index in [1.807, 2.05) is 11.6 Å². The van der Waals surface area contributed by atoms with E-state index in [4.69, 9.17) is 0 Å². The quantitative estimate of drug-likeness (QED) is 0.858. The van der Waals surface area contributed by atoms with Gasteiger partial charge in [-0.2, -0.15) is 0 Å². The van der Waals surface area contributed by atoms with Gasteiger partial charge >= 0.3 is 0 Å². The van der Waals surface area contributed by atoms with Gasteiger partial charge in [-0.25, -0.2) is 4.98 Å². The van der Waals surface area contributed by atoms with Gasteiger partial charge in [-0.05, 0) is 24.7 Å². The Morgan fingerprint density at radius 2 is 2.20 bits per heavy atom. The van der Waals surface area contributed by atoms with Crippen molar-refractivity contribution >= 4 is 11.3 Å². The molecule has 1 N–H and O–H groups in total. The summed E-state index contributed by atoms with van der Waals surface area (Å²) < 4.78 is 0. The predicted molar refractivity (Wildman–Crippen MR) is 62.9 cm³/mol. The Hall–Kier alpha value is -0.410. The lowest BCUT2D eigenvalue weighted by Crippen LogP contribution is -2.26. The van der Waals surface area contributed by atoms with Gasteiger partial charge in [0.1, 0.15) is 0 Å². The third-order valence-corrected chi connectivity index (χ3v) is 4.27. The summed E-state index contributed by atoms with van der Waals surface area (Å²) in [7, 11) is 0. The largest absolute Gasteiger partial charge is 0.392 e. The van der Waals surface area contributed by atoms with Crippen molar-refractivity contribution in [2.24, 2.45) is 11.8 Å². The zero-order chi connectivity index (χ0) is 10.7. The van der Waals surface area contributed by atoms with E-state index in [-0.39, 0.29) is 6.10 Å². The van der Waals surface area contributed by atoms with Crippen molar-refractivity contribution in [3.8, 4) is 0 Å². The number of thiazole rings is 1. The van der Waals surface area contributed by atoms with Gasteiger partial charge < -0.3 is 5.11 Å². The summed E-state index contributed by atoms with van der Waals surface area (Å²) in [5, 5.41) is 13.1. The Kier molecular flexibility index (Phi) is 3.76. The first-order valence-corrected chi connectivity index (χ1v) is 6.70. The van der Waals surface area contributed by atoms with Crippen molar-refractivity contribution in [1.82, 2.24) is 4.98 Å². The van der Waals surface area contributed by atoms with Crippen molar-refractivity contribution in [2.45, 2.75) is 45.1 Å². The highest BCUT2D eigenvalue weighted by atomic mass is 32.1. The SMILES string of the molecule is CC1CCC(C(O)Cc2nccs2)CC1. The first-order chi connectivity index (χ1) is 7.25. The summed E-state index contributed by atoms with van der Waals surface area (Å²) in [5.74, 6) is 1.36. The van der Waals surface area contributed by atoms with Crippen LogP contribution >= 0.6 is 11.3 Å². The molecule has 1 aliphatic rings. The Labute approximate surface area is 95.4 Å². The molecule has 1 aromatic heterocycles. The molecule has 0 amide bonds. The zero-order valence-corrected chi connectivity index (χ0v) is 10.0. The van der Waals surface area contributed by atoms with Crippen LogP contribution in [-0.2, 0) is 6.42 Å². The molecule has 0 spiro atoms. The highest BCUT2D eigenvalue weighted by Gasteiger charge is 2.25. The van der Waals surface area contributed by atoms with Gasteiger partial charge in [-0.3, -0.25) is 0 Å². The second-order valence-corrected chi connectivity index (χ2v) is 5.70. The lowest BCUT2D eigenvalue weighted by atomic mass is 9.79. The fourth-order valence-electron chi connectivity index (χ4n) is 2.37. The first kappa shape index (κ1) is 11.1. The number of nitrogens with zero attached hydrogens (tertiary/aromatic N) is 1. The van der Waals surface area contributed by atoms with Crippen LogP contribution in [-0.4, -0.2) is 16.2 Å². The van der Waals surface area contributed by atoms with Crippen LogP contribution < -0.4 is 0 Å². The molecule has 1 aromatic rings. The second-order valence-electron chi connectivity index (χ2n) is 4.72. The molecule has 2 rings (SSSR count). The van der Waals surface area contributed by atoms with Crippen LogP contribution in [0.2, 0.25) is 0 Å². The van der Waals surface area contributed by atoms with E-state index in [1.54, 1.807) is 11.3 Å². The van der Waals surface area contributed by atoms with E-state index < -0.39 is 0 Å². The number of hydrogen-bond acceptors (Lipinski definition) is 3. The lowest BCUT2D eigenvalue weighted by molar-refractivity contribution is 0.0760. The fraction of sp³-hybridized carbons (Fsp3) is 0.750. The third kappa shape index (κ3) is 3.02. The van der Waals surface area contributed by atoms with E-state index >= 15 is 0 Å². The van der Waals surface area contributed by atoms with Gasteiger partial charge in [0.15, 0.2) is 0 Å². The summed E-state index contributed by atoms with van der Waals surface area (Å²) in [4.78, 5) is 4.22. The van der Waals surface area contributed by atoms with Crippen LogP contribution in [0.15, 0.2) is 11.6 Å². The molecule has 0 radical (unpaired) electrons. The van der Waals surface area contributed by atoms with Gasteiger partial charge in [0, 0.05) is 18.0 Å². The molecule has 15 heavy (non-hydrogen) atoms. The Morgan fingerprint density at radius 1 is 1.47 bits per heavy atom. The number of aliphatic hydroxyl groups is 1. The minimum Gasteiger partial charge on any atom is -0.392 e. The summed E-state index contributed by atoms with van der Waals surface area (Å²) in [6, 6.07) is 0. The second kappa shape index (κ2) is 5.08. The molecule has 1 saturated carbocycles. The van der Waals surface area contributed by atoms with Crippen molar-refractivity contribution in [1.29, 1.82) is 0 Å². The summed E-state index contributed by atoms with van der Waals surface area (Å²) in [6.07, 6.45) is 7.32. The molecule has 1 atom stereocenters. The van der Waals surface area contributed by atoms with Crippen molar-refractivity contribution in [2.75, 3.05) is 0 Å². The van der Waals surface area contributed by atoms with Gasteiger partial charge in [0.25, 0.3) is 0 Å². The van der Waals surface area contributed by atoms with Gasteiger partial charge in [0.05, 0.1) is 11.1 Å². The molecular formula is C12H19NOS. The maximum Gasteiger partial charge on any atom is 0.0950 e. The van der Waals surface area contributed by atoms with E-state index in [2.05, 4.69) is 11.9 Å². The van der Waals surface area contributed by atoms with E-state index in [0.717, 1.165) is 17.3 Å². The van der Waals surface area contributed by atoms with E-state index in [1.165, 1.54) is 25.7 Å². The first-order valence-electron chi connectivity index (χ1n) is 5.82. The standard InChI is InChI=1S/C12H19NOS/c1-9-2-4-10(5-3-9)11(14)8-12-13-6-7-15-12/h6-7,9-11,14H,2-5,8H2,1H3. The molecule has 3 heteroatoms. The number of aliphatic hydroxyl groups excluding tert-OH is 1. The molecule has 1 fully saturated rings. The third-order valence-electron chi connectivity index (χ3n) is 3.47. The van der Waals surface area contributed by atoms with E-state index in [0.29, 0.717) is 5.92 Å². The van der Waals surface area contributed by atoms with Crippen LogP contribution in [0, 0.1) is 11.8 Å². The molecule has 84 valence electrons. The zero-order valence-electron chi connectivity index (χ0n) is 9.22. The maximum atomic E-state index is 10.1. The summed E-state index contributed by atoms with van der Waals surface area (Å²) in [6.45, 7) is 2.31. The highest BCUT2D eigenvalue weighted by Crippen LogP contribution is 2.31. The smallest absolute Gasteiger partial charge is 0.0950 e. The number of aromatic nitrogens is 1. The molecule has 1 unspecified atom stereocenters. The summed E-state index contributed by atoms with van der Waals surface area (Å²) >= 11 is 1.64. The monoisotopic (exact) mass is 225 g/mol. The topological polar surface area (TPSA) is 33.1 Å². The Balaban J connectivity index is 1.83. The van der Waals surface area contributed by atoms with Crippen LogP contribution in [0.1, 0.15) is 37.6 Å². The van der Waals surface area contributed by atoms with Crippen LogP contribution in [0.3, 0.4) is 0 Å². The number of rotatable bonds is 3. The number of hydrogen-bond donors (Lipinski definition) is 1. The summed E-state index contributed by atoms with van der Waals surface area (Å²) in [5.41, 5.74) is 0. The Bertz CT molecular complexity index is 278. The van der Waals surface area contributed by atoms with Crippen molar-refractivity contribution < 1.29 is 5.11 Å². The van der Waals surface area contributed by atoms with Gasteiger partial charge in [0.2, 0.25) is 0 Å². The average molecular weight is 225 g/mol. The molecule has 1 aliphatic carbocycles. The fourth-order valence-corrected chi connectivity index (χ4v) is 3.04. The van der Waals surface area contributed by atoms with E-state index in [9.17, 15) is 5.11 Å². The normalized spacial score (nSPS) is 28.9. The van der Waals surface area contributed by atoms with Gasteiger partial charge in [-0.1, -0.05) is 19.8 Å². The maximum absolute atomic E-state index is 10.1. The molecule has 1 heterocycles. The van der Waals surface area contributed by atoms with Crippen LogP contribution in [0.25, 0.3) is 0 Å². The lowest BCUT2D eigenvalue weighted by Gasteiger charge is -2.29. The molecule has 0 bridgehead atoms. The minimum atomic E-state index is -0.177. The highest BCUT2D eigenvalue weighted by molar-refractivity contribution is 7.09. The average Bonchev–Trinajstić information content (AvgIpc) is 2.71. The predicted octanol–water partition coefficient (Wildman–Crippen LogP) is 2.87. The molecule has 0 aromatic carbocycles. The van der Waals surface area contributed by atoms with Crippen molar-refractivity contribution in [3.63, 3.8) is 0 Å². The Morgan fingerprint density at radius 3 is 2.80 bits per heavy atom.